The minimum absolute atomic E-state index is 0.697. The van der Waals surface area contributed by atoms with Crippen molar-refractivity contribution in [1.82, 2.24) is 0 Å². The number of alkyl halides is 1. The average molecular weight is 334 g/mol. The lowest BCUT2D eigenvalue weighted by Gasteiger charge is -2.46. The summed E-state index contributed by atoms with van der Waals surface area (Å²) >= 11 is 2.55. The number of hydrogen-bond donors (Lipinski definition) is 0. The zero-order valence-corrected chi connectivity index (χ0v) is 13.3. The highest BCUT2D eigenvalue weighted by atomic mass is 127. The van der Waals surface area contributed by atoms with Gasteiger partial charge in [0.05, 0.1) is 0 Å². The summed E-state index contributed by atoms with van der Waals surface area (Å²) in [6.45, 7) is 7.64. The van der Waals surface area contributed by atoms with E-state index in [0.717, 1.165) is 23.7 Å². The molecule has 16 heavy (non-hydrogen) atoms. The van der Waals surface area contributed by atoms with E-state index in [4.69, 9.17) is 0 Å². The summed E-state index contributed by atoms with van der Waals surface area (Å²) in [6.07, 6.45) is 8.96. The Morgan fingerprint density at radius 1 is 1.31 bits per heavy atom. The van der Waals surface area contributed by atoms with Gasteiger partial charge in [-0.25, -0.2) is 0 Å². The monoisotopic (exact) mass is 334 g/mol. The zero-order chi connectivity index (χ0) is 11.8. The van der Waals surface area contributed by atoms with E-state index in [-0.39, 0.29) is 0 Å². The summed E-state index contributed by atoms with van der Waals surface area (Å²) in [5, 5.41) is 0. The molecule has 2 aliphatic carbocycles. The van der Waals surface area contributed by atoms with Crippen molar-refractivity contribution in [3.05, 3.63) is 0 Å². The highest BCUT2D eigenvalue weighted by molar-refractivity contribution is 14.1. The molecule has 0 nitrogen and oxygen atoms in total. The molecule has 94 valence electrons. The number of hydrogen-bond acceptors (Lipinski definition) is 0. The van der Waals surface area contributed by atoms with Gasteiger partial charge in [0.25, 0.3) is 0 Å². The lowest BCUT2D eigenvalue weighted by molar-refractivity contribution is 0.0365. The molecule has 0 aromatic rings. The first-order valence-electron chi connectivity index (χ1n) is 7.15. The van der Waals surface area contributed by atoms with Gasteiger partial charge in [0.2, 0.25) is 0 Å². The SMILES string of the molecule is CC1CCC[C@]2(C)C([C@H](C)CCI)CC[C@@H]12. The van der Waals surface area contributed by atoms with Crippen LogP contribution in [0.5, 0.6) is 0 Å². The molecular weight excluding hydrogens is 307 g/mol. The smallest absolute Gasteiger partial charge is 0.000209 e. The van der Waals surface area contributed by atoms with E-state index in [1.807, 2.05) is 0 Å². The predicted octanol–water partition coefficient (Wildman–Crippen LogP) is 5.30. The van der Waals surface area contributed by atoms with Crippen molar-refractivity contribution in [2.45, 2.75) is 59.3 Å². The number of halogens is 1. The summed E-state index contributed by atoms with van der Waals surface area (Å²) in [5.74, 6) is 4.02. The fourth-order valence-electron chi connectivity index (χ4n) is 4.91. The van der Waals surface area contributed by atoms with Crippen molar-refractivity contribution in [3.63, 3.8) is 0 Å². The van der Waals surface area contributed by atoms with Gasteiger partial charge < -0.3 is 0 Å². The molecule has 0 aromatic carbocycles. The lowest BCUT2D eigenvalue weighted by atomic mass is 9.59. The maximum atomic E-state index is 2.62. The molecule has 0 bridgehead atoms. The zero-order valence-electron chi connectivity index (χ0n) is 11.1. The van der Waals surface area contributed by atoms with Crippen LogP contribution in [0.1, 0.15) is 59.3 Å². The van der Waals surface area contributed by atoms with Crippen LogP contribution in [0, 0.1) is 29.1 Å². The fourth-order valence-corrected chi connectivity index (χ4v) is 5.90. The Balaban J connectivity index is 2.11. The largest absolute Gasteiger partial charge is 0.0864 e. The molecule has 2 unspecified atom stereocenters. The second kappa shape index (κ2) is 5.16. The van der Waals surface area contributed by atoms with Crippen LogP contribution in [0.25, 0.3) is 0 Å². The van der Waals surface area contributed by atoms with Gasteiger partial charge in [-0.1, -0.05) is 56.2 Å². The van der Waals surface area contributed by atoms with Crippen LogP contribution in [-0.4, -0.2) is 4.43 Å². The maximum Gasteiger partial charge on any atom is -0.000209 e. The second-order valence-corrected chi connectivity index (χ2v) is 7.70. The van der Waals surface area contributed by atoms with Crippen LogP contribution in [-0.2, 0) is 0 Å². The maximum absolute atomic E-state index is 2.62. The highest BCUT2D eigenvalue weighted by Gasteiger charge is 2.50. The minimum atomic E-state index is 0.697. The Morgan fingerprint density at radius 2 is 2.06 bits per heavy atom. The average Bonchev–Trinajstić information content (AvgIpc) is 2.57. The molecule has 0 saturated heterocycles. The Kier molecular flexibility index (Phi) is 4.24. The van der Waals surface area contributed by atoms with E-state index in [1.165, 1.54) is 43.0 Å². The van der Waals surface area contributed by atoms with Crippen molar-refractivity contribution in [2.24, 2.45) is 29.1 Å². The quantitative estimate of drug-likeness (QED) is 0.485. The number of rotatable bonds is 3. The topological polar surface area (TPSA) is 0 Å². The molecule has 2 saturated carbocycles. The van der Waals surface area contributed by atoms with E-state index < -0.39 is 0 Å². The van der Waals surface area contributed by atoms with E-state index >= 15 is 0 Å². The van der Waals surface area contributed by atoms with Gasteiger partial charge in [-0.05, 0) is 59.2 Å². The van der Waals surface area contributed by atoms with Gasteiger partial charge in [-0.3, -0.25) is 0 Å². The molecule has 0 aromatic heterocycles. The summed E-state index contributed by atoms with van der Waals surface area (Å²) in [4.78, 5) is 0. The van der Waals surface area contributed by atoms with E-state index in [9.17, 15) is 0 Å². The molecule has 0 radical (unpaired) electrons. The van der Waals surface area contributed by atoms with Crippen LogP contribution in [0.3, 0.4) is 0 Å². The van der Waals surface area contributed by atoms with Crippen molar-refractivity contribution in [3.8, 4) is 0 Å². The van der Waals surface area contributed by atoms with Gasteiger partial charge in [0, 0.05) is 0 Å². The summed E-state index contributed by atoms with van der Waals surface area (Å²) < 4.78 is 1.34. The Morgan fingerprint density at radius 3 is 2.75 bits per heavy atom. The van der Waals surface area contributed by atoms with Crippen molar-refractivity contribution in [2.75, 3.05) is 4.43 Å². The van der Waals surface area contributed by atoms with Gasteiger partial charge in [-0.2, -0.15) is 0 Å². The summed E-state index contributed by atoms with van der Waals surface area (Å²) in [5.41, 5.74) is 0.697. The van der Waals surface area contributed by atoms with Crippen molar-refractivity contribution < 1.29 is 0 Å². The predicted molar refractivity (Wildman–Crippen MR) is 80.0 cm³/mol. The van der Waals surface area contributed by atoms with E-state index in [2.05, 4.69) is 43.4 Å². The van der Waals surface area contributed by atoms with Gasteiger partial charge in [0.1, 0.15) is 0 Å². The first-order valence-corrected chi connectivity index (χ1v) is 8.68. The van der Waals surface area contributed by atoms with E-state index in [1.54, 1.807) is 0 Å². The molecule has 0 spiro atoms. The Labute approximate surface area is 115 Å². The van der Waals surface area contributed by atoms with E-state index in [0.29, 0.717) is 5.41 Å². The lowest BCUT2D eigenvalue weighted by Crippen LogP contribution is -2.38. The summed E-state index contributed by atoms with van der Waals surface area (Å²) in [7, 11) is 0. The first-order chi connectivity index (χ1) is 7.59. The minimum Gasteiger partial charge on any atom is -0.0864 e. The van der Waals surface area contributed by atoms with Gasteiger partial charge in [0.15, 0.2) is 0 Å². The molecule has 1 heteroatoms. The van der Waals surface area contributed by atoms with Crippen LogP contribution in [0.15, 0.2) is 0 Å². The molecule has 0 N–H and O–H groups in total. The van der Waals surface area contributed by atoms with Crippen molar-refractivity contribution >= 4 is 22.6 Å². The Bertz CT molecular complexity index is 238. The van der Waals surface area contributed by atoms with Crippen LogP contribution in [0.4, 0.5) is 0 Å². The Hall–Kier alpha value is 0.730. The fraction of sp³-hybridized carbons (Fsp3) is 1.00. The molecular formula is C15H27I. The molecule has 5 atom stereocenters. The number of fused-ring (bicyclic) bond motifs is 1. The van der Waals surface area contributed by atoms with Crippen LogP contribution in [0.2, 0.25) is 0 Å². The van der Waals surface area contributed by atoms with Gasteiger partial charge in [-0.15, -0.1) is 0 Å². The molecule has 2 aliphatic rings. The highest BCUT2D eigenvalue weighted by Crippen LogP contribution is 2.59. The van der Waals surface area contributed by atoms with Crippen LogP contribution < -0.4 is 0 Å². The first kappa shape index (κ1) is 13.2. The van der Waals surface area contributed by atoms with Crippen molar-refractivity contribution in [1.29, 1.82) is 0 Å². The normalized spacial score (nSPS) is 45.4. The summed E-state index contributed by atoms with van der Waals surface area (Å²) in [6, 6.07) is 0. The molecule has 2 fully saturated rings. The third-order valence-corrected chi connectivity index (χ3v) is 6.42. The molecule has 2 rings (SSSR count). The second-order valence-electron chi connectivity index (χ2n) is 6.62. The van der Waals surface area contributed by atoms with Crippen LogP contribution >= 0.6 is 22.6 Å². The molecule has 0 amide bonds. The van der Waals surface area contributed by atoms with Gasteiger partial charge >= 0.3 is 0 Å². The molecule has 0 heterocycles. The standard InChI is InChI=1S/C15H27I/c1-11-5-4-9-15(3)13(11)6-7-14(15)12(2)8-10-16/h11-14H,4-10H2,1-3H3/t11?,12-,13+,14?,15+/m1/s1. The molecule has 0 aliphatic heterocycles. The third kappa shape index (κ3) is 2.18. The third-order valence-electron chi connectivity index (χ3n) is 5.80.